The zero-order valence-corrected chi connectivity index (χ0v) is 18.1. The van der Waals surface area contributed by atoms with Gasteiger partial charge < -0.3 is 15.4 Å². The maximum atomic E-state index is 12.1. The maximum absolute atomic E-state index is 12.1. The monoisotopic (exact) mass is 417 g/mol. The Morgan fingerprint density at radius 2 is 1.42 bits per heavy atom. The van der Waals surface area contributed by atoms with Gasteiger partial charge in [0.2, 0.25) is 0 Å². The predicted molar refractivity (Wildman–Crippen MR) is 126 cm³/mol. The molecule has 0 saturated carbocycles. The van der Waals surface area contributed by atoms with E-state index in [1.54, 1.807) is 4.90 Å². The van der Waals surface area contributed by atoms with Crippen LogP contribution in [0.2, 0.25) is 0 Å². The molecular formula is C26H31N3O2. The topological polar surface area (TPSA) is 58.8 Å². The second-order valence-electron chi connectivity index (χ2n) is 7.43. The lowest BCUT2D eigenvalue weighted by Crippen LogP contribution is -2.42. The maximum Gasteiger partial charge on any atom is 0.319 e. The van der Waals surface area contributed by atoms with Gasteiger partial charge in [0, 0.05) is 25.3 Å². The summed E-state index contributed by atoms with van der Waals surface area (Å²) in [7, 11) is 0. The number of hydrogen-bond acceptors (Lipinski definition) is 3. The molecule has 2 amide bonds. The predicted octanol–water partition coefficient (Wildman–Crippen LogP) is 4.72. The summed E-state index contributed by atoms with van der Waals surface area (Å²) in [5.74, 6) is 0.759. The van der Waals surface area contributed by atoms with Crippen LogP contribution < -0.4 is 15.4 Å². The molecule has 3 aromatic carbocycles. The van der Waals surface area contributed by atoms with Gasteiger partial charge in [-0.3, -0.25) is 4.90 Å². The molecule has 3 aromatic rings. The van der Waals surface area contributed by atoms with E-state index in [0.717, 1.165) is 43.1 Å². The molecule has 0 aliphatic heterocycles. The number of primary amides is 1. The Labute approximate surface area is 185 Å². The molecule has 0 fully saturated rings. The fourth-order valence-electron chi connectivity index (χ4n) is 3.43. The Morgan fingerprint density at radius 1 is 0.806 bits per heavy atom. The summed E-state index contributed by atoms with van der Waals surface area (Å²) in [6.45, 7) is 5.82. The van der Waals surface area contributed by atoms with Gasteiger partial charge in [-0.2, -0.15) is 0 Å². The van der Waals surface area contributed by atoms with Crippen molar-refractivity contribution >= 4 is 11.7 Å². The number of amides is 2. The van der Waals surface area contributed by atoms with Gasteiger partial charge in [-0.1, -0.05) is 67.6 Å². The Hall–Kier alpha value is -3.31. The first-order chi connectivity index (χ1) is 15.2. The highest BCUT2D eigenvalue weighted by molar-refractivity contribution is 5.90. The summed E-state index contributed by atoms with van der Waals surface area (Å²) >= 11 is 0. The number of likely N-dealkylation sites (N-methyl/N-ethyl adjacent to an activating group) is 1. The number of hydrogen-bond donors (Lipinski definition) is 1. The molecule has 0 aliphatic carbocycles. The first-order valence-electron chi connectivity index (χ1n) is 10.8. The Kier molecular flexibility index (Phi) is 8.49. The lowest BCUT2D eigenvalue weighted by molar-refractivity contribution is 0.250. The van der Waals surface area contributed by atoms with Gasteiger partial charge in [0.05, 0.1) is 0 Å². The average Bonchev–Trinajstić information content (AvgIpc) is 2.81. The van der Waals surface area contributed by atoms with Gasteiger partial charge in [-0.15, -0.1) is 0 Å². The Morgan fingerprint density at radius 3 is 2.00 bits per heavy atom. The Bertz CT molecular complexity index is 914. The van der Waals surface area contributed by atoms with Crippen LogP contribution in [0, 0.1) is 0 Å². The largest absolute Gasteiger partial charge is 0.489 e. The fourth-order valence-corrected chi connectivity index (χ4v) is 3.43. The number of rotatable bonds is 11. The summed E-state index contributed by atoms with van der Waals surface area (Å²) in [4.78, 5) is 16.0. The van der Waals surface area contributed by atoms with Gasteiger partial charge in [-0.25, -0.2) is 4.79 Å². The van der Waals surface area contributed by atoms with Crippen molar-refractivity contribution in [3.05, 3.63) is 96.1 Å². The van der Waals surface area contributed by atoms with Gasteiger partial charge in [0.25, 0.3) is 0 Å². The smallest absolute Gasteiger partial charge is 0.319 e. The van der Waals surface area contributed by atoms with Gasteiger partial charge in [-0.05, 0) is 48.4 Å². The molecule has 0 unspecified atom stereocenters. The van der Waals surface area contributed by atoms with Crippen LogP contribution in [-0.2, 0) is 13.0 Å². The highest BCUT2D eigenvalue weighted by atomic mass is 16.5. The van der Waals surface area contributed by atoms with Crippen molar-refractivity contribution in [2.24, 2.45) is 5.73 Å². The first kappa shape index (κ1) is 22.4. The standard InChI is InChI=1S/C26H31N3O2/c1-2-28(18-17-22-9-5-3-6-10-22)19-20-29(26(27)30)24-13-15-25(16-14-24)31-21-23-11-7-4-8-12-23/h3-16H,2,17-21H2,1H3,(H2,27,30). The molecule has 31 heavy (non-hydrogen) atoms. The molecule has 162 valence electrons. The number of anilines is 1. The highest BCUT2D eigenvalue weighted by Crippen LogP contribution is 2.20. The third-order valence-corrected chi connectivity index (χ3v) is 5.31. The van der Waals surface area contributed by atoms with Crippen molar-refractivity contribution in [1.29, 1.82) is 0 Å². The van der Waals surface area contributed by atoms with Crippen molar-refractivity contribution < 1.29 is 9.53 Å². The molecule has 5 heteroatoms. The number of nitrogens with zero attached hydrogens (tertiary/aromatic N) is 2. The van der Waals surface area contributed by atoms with E-state index in [2.05, 4.69) is 36.1 Å². The lowest BCUT2D eigenvalue weighted by Gasteiger charge is -2.26. The second kappa shape index (κ2) is 11.8. The molecule has 0 saturated heterocycles. The molecule has 0 aliphatic rings. The van der Waals surface area contributed by atoms with E-state index in [1.165, 1.54) is 5.56 Å². The molecule has 0 bridgehead atoms. The fraction of sp³-hybridized carbons (Fsp3) is 0.269. The number of urea groups is 1. The summed E-state index contributed by atoms with van der Waals surface area (Å²) < 4.78 is 5.83. The van der Waals surface area contributed by atoms with Crippen LogP contribution in [0.4, 0.5) is 10.5 Å². The van der Waals surface area contributed by atoms with Crippen LogP contribution in [0.15, 0.2) is 84.9 Å². The van der Waals surface area contributed by atoms with Crippen molar-refractivity contribution in [2.45, 2.75) is 20.0 Å². The van der Waals surface area contributed by atoms with E-state index in [9.17, 15) is 4.79 Å². The number of carbonyl (C=O) groups excluding carboxylic acids is 1. The lowest BCUT2D eigenvalue weighted by atomic mass is 10.1. The van der Waals surface area contributed by atoms with Crippen LogP contribution in [0.1, 0.15) is 18.1 Å². The SMILES string of the molecule is CCN(CCc1ccccc1)CCN(C(N)=O)c1ccc(OCc2ccccc2)cc1. The third kappa shape index (κ3) is 7.15. The summed E-state index contributed by atoms with van der Waals surface area (Å²) in [6.07, 6.45) is 0.985. The molecule has 0 heterocycles. The molecular weight excluding hydrogens is 386 g/mol. The molecule has 0 aromatic heterocycles. The van der Waals surface area contributed by atoms with E-state index in [1.807, 2.05) is 60.7 Å². The number of ether oxygens (including phenoxy) is 1. The van der Waals surface area contributed by atoms with Gasteiger partial charge in [0.15, 0.2) is 0 Å². The minimum absolute atomic E-state index is 0.447. The van der Waals surface area contributed by atoms with Crippen LogP contribution in [0.3, 0.4) is 0 Å². The average molecular weight is 418 g/mol. The van der Waals surface area contributed by atoms with Crippen molar-refractivity contribution in [3.8, 4) is 5.75 Å². The normalized spacial score (nSPS) is 10.8. The molecule has 2 N–H and O–H groups in total. The van der Waals surface area contributed by atoms with Crippen LogP contribution in [0.25, 0.3) is 0 Å². The van der Waals surface area contributed by atoms with Crippen LogP contribution in [-0.4, -0.2) is 37.1 Å². The van der Waals surface area contributed by atoms with Crippen molar-refractivity contribution in [2.75, 3.05) is 31.1 Å². The third-order valence-electron chi connectivity index (χ3n) is 5.31. The van der Waals surface area contributed by atoms with Crippen LogP contribution in [0.5, 0.6) is 5.75 Å². The molecule has 3 rings (SSSR count). The quantitative estimate of drug-likeness (QED) is 0.491. The minimum Gasteiger partial charge on any atom is -0.489 e. The number of benzene rings is 3. The van der Waals surface area contributed by atoms with Crippen LogP contribution >= 0.6 is 0 Å². The molecule has 5 nitrogen and oxygen atoms in total. The van der Waals surface area contributed by atoms with Crippen molar-refractivity contribution in [1.82, 2.24) is 4.90 Å². The zero-order valence-electron chi connectivity index (χ0n) is 18.1. The number of nitrogens with two attached hydrogens (primary N) is 1. The van der Waals surface area contributed by atoms with E-state index in [-0.39, 0.29) is 0 Å². The molecule has 0 radical (unpaired) electrons. The van der Waals surface area contributed by atoms with Gasteiger partial charge in [0.1, 0.15) is 12.4 Å². The van der Waals surface area contributed by atoms with E-state index in [4.69, 9.17) is 10.5 Å². The summed E-state index contributed by atoms with van der Waals surface area (Å²) in [6, 6.07) is 27.5. The molecule has 0 atom stereocenters. The van der Waals surface area contributed by atoms with E-state index < -0.39 is 6.03 Å². The first-order valence-corrected chi connectivity index (χ1v) is 10.8. The minimum atomic E-state index is -0.447. The second-order valence-corrected chi connectivity index (χ2v) is 7.43. The van der Waals surface area contributed by atoms with E-state index >= 15 is 0 Å². The number of carbonyl (C=O) groups is 1. The van der Waals surface area contributed by atoms with Gasteiger partial charge >= 0.3 is 6.03 Å². The summed E-state index contributed by atoms with van der Waals surface area (Å²) in [5.41, 5.74) is 8.88. The zero-order chi connectivity index (χ0) is 21.9. The Balaban J connectivity index is 1.53. The van der Waals surface area contributed by atoms with Crippen molar-refractivity contribution in [3.63, 3.8) is 0 Å². The highest BCUT2D eigenvalue weighted by Gasteiger charge is 2.14. The summed E-state index contributed by atoms with van der Waals surface area (Å²) in [5, 5.41) is 0. The molecule has 0 spiro atoms. The van der Waals surface area contributed by atoms with E-state index in [0.29, 0.717) is 13.2 Å².